The molecular formula is C20H23NO3. The maximum Gasteiger partial charge on any atom is 0.103 e. The van der Waals surface area contributed by atoms with Gasteiger partial charge < -0.3 is 9.47 Å². The highest BCUT2D eigenvalue weighted by molar-refractivity contribution is 5.81. The van der Waals surface area contributed by atoms with Gasteiger partial charge in [0.25, 0.3) is 0 Å². The molecule has 0 spiro atoms. The van der Waals surface area contributed by atoms with Crippen molar-refractivity contribution >= 4 is 5.70 Å². The van der Waals surface area contributed by atoms with Crippen LogP contribution >= 0.6 is 0 Å². The molecule has 0 saturated carbocycles. The van der Waals surface area contributed by atoms with E-state index in [1.807, 2.05) is 13.0 Å². The van der Waals surface area contributed by atoms with Crippen molar-refractivity contribution in [2.45, 2.75) is 19.6 Å². The van der Waals surface area contributed by atoms with Crippen molar-refractivity contribution in [2.75, 3.05) is 20.3 Å². The number of hydroxylamine groups is 1. The molecule has 1 unspecified atom stereocenters. The zero-order valence-corrected chi connectivity index (χ0v) is 14.1. The normalized spacial score (nSPS) is 16.8. The van der Waals surface area contributed by atoms with E-state index in [-0.39, 0.29) is 6.10 Å². The molecular weight excluding hydrogens is 302 g/mol. The Kier molecular flexibility index (Phi) is 5.64. The first-order valence-corrected chi connectivity index (χ1v) is 8.17. The fraction of sp³-hybridized carbons (Fsp3) is 0.300. The number of hydrogen-bond acceptors (Lipinski definition) is 4. The third-order valence-electron chi connectivity index (χ3n) is 3.94. The summed E-state index contributed by atoms with van der Waals surface area (Å²) in [4.78, 5) is 5.42. The van der Waals surface area contributed by atoms with Gasteiger partial charge in [0.05, 0.1) is 25.5 Å². The highest BCUT2D eigenvalue weighted by Crippen LogP contribution is 2.30. The van der Waals surface area contributed by atoms with E-state index in [4.69, 9.17) is 14.3 Å². The van der Waals surface area contributed by atoms with E-state index in [0.717, 1.165) is 16.8 Å². The Balaban J connectivity index is 1.76. The molecule has 0 bridgehead atoms. The molecule has 3 rings (SSSR count). The zero-order valence-electron chi connectivity index (χ0n) is 14.1. The predicted octanol–water partition coefficient (Wildman–Crippen LogP) is 3.78. The third-order valence-corrected chi connectivity index (χ3v) is 3.94. The van der Waals surface area contributed by atoms with Gasteiger partial charge in [-0.05, 0) is 29.7 Å². The summed E-state index contributed by atoms with van der Waals surface area (Å²) in [7, 11) is 1.68. The third kappa shape index (κ3) is 4.03. The summed E-state index contributed by atoms with van der Waals surface area (Å²) in [6.45, 7) is 3.84. The molecule has 4 nitrogen and oxygen atoms in total. The van der Waals surface area contributed by atoms with Crippen LogP contribution in [0.25, 0.3) is 16.8 Å². The summed E-state index contributed by atoms with van der Waals surface area (Å²) >= 11 is 0. The molecule has 1 aliphatic heterocycles. The second-order valence-electron chi connectivity index (χ2n) is 5.79. The summed E-state index contributed by atoms with van der Waals surface area (Å²) < 4.78 is 10.5. The van der Waals surface area contributed by atoms with Crippen molar-refractivity contribution in [1.29, 1.82) is 0 Å². The Morgan fingerprint density at radius 2 is 1.75 bits per heavy atom. The van der Waals surface area contributed by atoms with Crippen LogP contribution < -0.4 is 5.48 Å². The number of rotatable bonds is 7. The van der Waals surface area contributed by atoms with Gasteiger partial charge in [0.2, 0.25) is 0 Å². The molecule has 126 valence electrons. The zero-order chi connectivity index (χ0) is 16.8. The molecule has 0 aliphatic carbocycles. The molecule has 0 radical (unpaired) electrons. The molecule has 1 N–H and O–H groups in total. The Labute approximate surface area is 143 Å². The van der Waals surface area contributed by atoms with E-state index in [1.165, 1.54) is 11.1 Å². The van der Waals surface area contributed by atoms with E-state index >= 15 is 0 Å². The molecule has 2 aromatic rings. The number of hydrogen-bond donors (Lipinski definition) is 1. The summed E-state index contributed by atoms with van der Waals surface area (Å²) in [5, 5.41) is 0. The lowest BCUT2D eigenvalue weighted by Crippen LogP contribution is -2.09. The van der Waals surface area contributed by atoms with Gasteiger partial charge in [-0.2, -0.15) is 0 Å². The molecule has 1 heterocycles. The molecule has 4 heteroatoms. The van der Waals surface area contributed by atoms with Crippen molar-refractivity contribution < 1.29 is 14.3 Å². The summed E-state index contributed by atoms with van der Waals surface area (Å²) in [6, 6.07) is 16.8. The highest BCUT2D eigenvalue weighted by Gasteiger charge is 2.16. The van der Waals surface area contributed by atoms with E-state index in [2.05, 4.69) is 54.0 Å². The van der Waals surface area contributed by atoms with Gasteiger partial charge in [-0.25, -0.2) is 0 Å². The SMILES string of the molecule is COCCOCc1ccc(-c2ccccc2C2=CC(C)ON2)cc1. The number of methoxy groups -OCH3 is 1. The lowest BCUT2D eigenvalue weighted by Gasteiger charge is -2.11. The lowest BCUT2D eigenvalue weighted by atomic mass is 9.96. The molecule has 0 fully saturated rings. The Morgan fingerprint density at radius 1 is 1.00 bits per heavy atom. The Morgan fingerprint density at radius 3 is 2.42 bits per heavy atom. The molecule has 0 aromatic heterocycles. The van der Waals surface area contributed by atoms with Gasteiger partial charge in [0, 0.05) is 12.7 Å². The van der Waals surface area contributed by atoms with Crippen LogP contribution in [-0.4, -0.2) is 26.4 Å². The smallest absolute Gasteiger partial charge is 0.103 e. The van der Waals surface area contributed by atoms with Crippen LogP contribution in [0.3, 0.4) is 0 Å². The molecule has 1 atom stereocenters. The first kappa shape index (κ1) is 16.7. The number of benzene rings is 2. The topological polar surface area (TPSA) is 39.7 Å². The predicted molar refractivity (Wildman–Crippen MR) is 95.1 cm³/mol. The molecule has 24 heavy (non-hydrogen) atoms. The van der Waals surface area contributed by atoms with Crippen LogP contribution in [0.2, 0.25) is 0 Å². The van der Waals surface area contributed by atoms with Crippen LogP contribution in [-0.2, 0) is 20.9 Å². The standard InChI is InChI=1S/C20H23NO3/c1-15-13-20(21-24-15)19-6-4-3-5-18(19)17-9-7-16(8-10-17)14-23-12-11-22-2/h3-10,13,15,21H,11-12,14H2,1-2H3. The Hall–Kier alpha value is -2.14. The summed E-state index contributed by atoms with van der Waals surface area (Å²) in [6.07, 6.45) is 2.18. The van der Waals surface area contributed by atoms with E-state index in [9.17, 15) is 0 Å². The van der Waals surface area contributed by atoms with Gasteiger partial charge in [0.1, 0.15) is 6.10 Å². The van der Waals surface area contributed by atoms with Crippen molar-refractivity contribution in [3.8, 4) is 11.1 Å². The van der Waals surface area contributed by atoms with Gasteiger partial charge in [-0.1, -0.05) is 48.5 Å². The first-order chi connectivity index (χ1) is 11.8. The van der Waals surface area contributed by atoms with Crippen molar-refractivity contribution in [2.24, 2.45) is 0 Å². The number of nitrogens with one attached hydrogen (secondary N) is 1. The maximum atomic E-state index is 5.56. The van der Waals surface area contributed by atoms with Crippen LogP contribution in [0, 0.1) is 0 Å². The van der Waals surface area contributed by atoms with E-state index in [1.54, 1.807) is 7.11 Å². The average Bonchev–Trinajstić information content (AvgIpc) is 3.06. The van der Waals surface area contributed by atoms with Gasteiger partial charge in [-0.15, -0.1) is 0 Å². The van der Waals surface area contributed by atoms with Gasteiger partial charge in [0.15, 0.2) is 0 Å². The summed E-state index contributed by atoms with van der Waals surface area (Å²) in [5.41, 5.74) is 8.69. The Bertz CT molecular complexity index is 694. The fourth-order valence-corrected chi connectivity index (χ4v) is 2.69. The second-order valence-corrected chi connectivity index (χ2v) is 5.79. The first-order valence-electron chi connectivity index (χ1n) is 8.17. The molecule has 0 saturated heterocycles. The fourth-order valence-electron chi connectivity index (χ4n) is 2.69. The largest absolute Gasteiger partial charge is 0.382 e. The van der Waals surface area contributed by atoms with Crippen molar-refractivity contribution in [1.82, 2.24) is 5.48 Å². The monoisotopic (exact) mass is 325 g/mol. The average molecular weight is 325 g/mol. The molecule has 2 aromatic carbocycles. The maximum absolute atomic E-state index is 5.56. The molecule has 0 amide bonds. The van der Waals surface area contributed by atoms with E-state index in [0.29, 0.717) is 19.8 Å². The van der Waals surface area contributed by atoms with Crippen LogP contribution in [0.1, 0.15) is 18.1 Å². The molecule has 1 aliphatic rings. The second kappa shape index (κ2) is 8.11. The highest BCUT2D eigenvalue weighted by atomic mass is 16.7. The summed E-state index contributed by atoms with van der Waals surface area (Å²) in [5.74, 6) is 0. The number of ether oxygens (including phenoxy) is 2. The quantitative estimate of drug-likeness (QED) is 0.787. The minimum absolute atomic E-state index is 0.0830. The van der Waals surface area contributed by atoms with Crippen LogP contribution in [0.4, 0.5) is 0 Å². The van der Waals surface area contributed by atoms with E-state index < -0.39 is 0 Å². The van der Waals surface area contributed by atoms with Crippen molar-refractivity contribution in [3.63, 3.8) is 0 Å². The minimum atomic E-state index is 0.0830. The van der Waals surface area contributed by atoms with Crippen molar-refractivity contribution in [3.05, 3.63) is 65.7 Å². The lowest BCUT2D eigenvalue weighted by molar-refractivity contribution is 0.0617. The van der Waals surface area contributed by atoms with Crippen LogP contribution in [0.15, 0.2) is 54.6 Å². The van der Waals surface area contributed by atoms with Gasteiger partial charge in [-0.3, -0.25) is 10.3 Å². The van der Waals surface area contributed by atoms with Gasteiger partial charge >= 0.3 is 0 Å². The minimum Gasteiger partial charge on any atom is -0.382 e. The van der Waals surface area contributed by atoms with Crippen LogP contribution in [0.5, 0.6) is 0 Å².